The number of rotatable bonds is 1. The topological polar surface area (TPSA) is 39.9 Å². The highest BCUT2D eigenvalue weighted by Crippen LogP contribution is 2.25. The first kappa shape index (κ1) is 12.0. The highest BCUT2D eigenvalue weighted by Gasteiger charge is 2.17. The molecule has 19 heavy (non-hydrogen) atoms. The molecule has 0 spiro atoms. The van der Waals surface area contributed by atoms with Gasteiger partial charge in [-0.3, -0.25) is 0 Å². The third kappa shape index (κ3) is 2.27. The second kappa shape index (κ2) is 4.91. The predicted molar refractivity (Wildman–Crippen MR) is 75.2 cm³/mol. The Hall–Kier alpha value is -2.05. The van der Waals surface area contributed by atoms with E-state index in [0.717, 1.165) is 25.3 Å². The van der Waals surface area contributed by atoms with Crippen molar-refractivity contribution >= 4 is 17.4 Å². The molecule has 0 aliphatic carbocycles. The van der Waals surface area contributed by atoms with Crippen molar-refractivity contribution < 1.29 is 0 Å². The Bertz CT molecular complexity index is 661. The van der Waals surface area contributed by atoms with Crippen molar-refractivity contribution in [1.29, 1.82) is 5.26 Å². The van der Waals surface area contributed by atoms with Gasteiger partial charge in [0.25, 0.3) is 0 Å². The summed E-state index contributed by atoms with van der Waals surface area (Å²) in [5.41, 5.74) is 3.01. The fourth-order valence-corrected chi connectivity index (χ4v) is 2.53. The minimum Gasteiger partial charge on any atom is -0.352 e. The molecule has 0 atom stereocenters. The zero-order chi connectivity index (χ0) is 13.2. The van der Waals surface area contributed by atoms with E-state index in [1.807, 2.05) is 12.1 Å². The molecule has 0 unspecified atom stereocenters. The van der Waals surface area contributed by atoms with Gasteiger partial charge in [0.15, 0.2) is 5.69 Å². The maximum atomic E-state index is 8.98. The Balaban J connectivity index is 1.91. The monoisotopic (exact) mass is 269 g/mol. The molecule has 0 saturated heterocycles. The number of halogens is 1. The van der Waals surface area contributed by atoms with Crippen molar-refractivity contribution in [3.8, 4) is 6.07 Å². The molecule has 0 bridgehead atoms. The third-order valence-corrected chi connectivity index (χ3v) is 3.70. The summed E-state index contributed by atoms with van der Waals surface area (Å²) in [6.07, 6.45) is 1.00. The lowest BCUT2D eigenvalue weighted by Crippen LogP contribution is -2.31. The average Bonchev–Trinajstić information content (AvgIpc) is 2.47. The standard InChI is InChI=1S/C15H12ClN3/c16-13-5-6-15(18-14(13)9-17)19-8-7-11-3-1-2-4-12(11)10-19/h1-6H,7-8,10H2. The van der Waals surface area contributed by atoms with Crippen LogP contribution in [0.4, 0.5) is 5.82 Å². The normalized spacial score (nSPS) is 13.8. The van der Waals surface area contributed by atoms with Crippen molar-refractivity contribution in [2.45, 2.75) is 13.0 Å². The zero-order valence-electron chi connectivity index (χ0n) is 10.3. The van der Waals surface area contributed by atoms with Crippen molar-refractivity contribution in [2.75, 3.05) is 11.4 Å². The molecule has 4 heteroatoms. The second-order valence-electron chi connectivity index (χ2n) is 4.55. The molecule has 2 aromatic rings. The third-order valence-electron chi connectivity index (χ3n) is 3.39. The minimum absolute atomic E-state index is 0.290. The highest BCUT2D eigenvalue weighted by atomic mass is 35.5. The lowest BCUT2D eigenvalue weighted by atomic mass is 10.00. The van der Waals surface area contributed by atoms with Crippen LogP contribution in [0.15, 0.2) is 36.4 Å². The van der Waals surface area contributed by atoms with Crippen LogP contribution >= 0.6 is 11.6 Å². The summed E-state index contributed by atoms with van der Waals surface area (Å²) >= 11 is 5.91. The van der Waals surface area contributed by atoms with Crippen LogP contribution in [0.5, 0.6) is 0 Å². The summed E-state index contributed by atoms with van der Waals surface area (Å²) in [7, 11) is 0. The molecule has 0 saturated carbocycles. The Labute approximate surface area is 117 Å². The van der Waals surface area contributed by atoms with Crippen LogP contribution < -0.4 is 4.90 Å². The van der Waals surface area contributed by atoms with Gasteiger partial charge in [-0.05, 0) is 29.7 Å². The Morgan fingerprint density at radius 2 is 1.95 bits per heavy atom. The molecule has 1 aliphatic heterocycles. The van der Waals surface area contributed by atoms with Crippen LogP contribution in [-0.4, -0.2) is 11.5 Å². The maximum absolute atomic E-state index is 8.98. The molecule has 3 rings (SSSR count). The molecule has 1 aliphatic rings. The van der Waals surface area contributed by atoms with E-state index in [2.05, 4.69) is 34.1 Å². The predicted octanol–water partition coefficient (Wildman–Crippen LogP) is 3.17. The van der Waals surface area contributed by atoms with Crippen LogP contribution in [0.25, 0.3) is 0 Å². The number of nitriles is 1. The van der Waals surface area contributed by atoms with Crippen LogP contribution in [0, 0.1) is 11.3 Å². The van der Waals surface area contributed by atoms with Crippen molar-refractivity contribution in [1.82, 2.24) is 4.98 Å². The van der Waals surface area contributed by atoms with Crippen LogP contribution in [0.1, 0.15) is 16.8 Å². The van der Waals surface area contributed by atoms with E-state index in [1.165, 1.54) is 11.1 Å². The SMILES string of the molecule is N#Cc1nc(N2CCc3ccccc3C2)ccc1Cl. The Kier molecular flexibility index (Phi) is 3.10. The van der Waals surface area contributed by atoms with E-state index in [-0.39, 0.29) is 5.69 Å². The van der Waals surface area contributed by atoms with Gasteiger partial charge in [-0.2, -0.15) is 5.26 Å². The molecule has 0 amide bonds. The van der Waals surface area contributed by atoms with Gasteiger partial charge in [-0.1, -0.05) is 35.9 Å². The van der Waals surface area contributed by atoms with E-state index in [4.69, 9.17) is 16.9 Å². The second-order valence-corrected chi connectivity index (χ2v) is 4.96. The number of anilines is 1. The largest absolute Gasteiger partial charge is 0.352 e. The number of benzene rings is 1. The highest BCUT2D eigenvalue weighted by molar-refractivity contribution is 6.31. The minimum atomic E-state index is 0.290. The summed E-state index contributed by atoms with van der Waals surface area (Å²) in [6, 6.07) is 14.1. The van der Waals surface area contributed by atoms with E-state index in [1.54, 1.807) is 6.07 Å². The number of pyridine rings is 1. The average molecular weight is 270 g/mol. The van der Waals surface area contributed by atoms with E-state index in [9.17, 15) is 0 Å². The van der Waals surface area contributed by atoms with Crippen LogP contribution in [0.3, 0.4) is 0 Å². The summed E-state index contributed by atoms with van der Waals surface area (Å²) in [5, 5.41) is 9.39. The molecule has 0 fully saturated rings. The van der Waals surface area contributed by atoms with Gasteiger partial charge >= 0.3 is 0 Å². The van der Waals surface area contributed by atoms with Crippen LogP contribution in [0.2, 0.25) is 5.02 Å². The summed E-state index contributed by atoms with van der Waals surface area (Å²) < 4.78 is 0. The first-order valence-electron chi connectivity index (χ1n) is 6.16. The maximum Gasteiger partial charge on any atom is 0.161 e. The molecular weight excluding hydrogens is 258 g/mol. The zero-order valence-corrected chi connectivity index (χ0v) is 11.1. The fraction of sp³-hybridized carbons (Fsp3) is 0.200. The number of hydrogen-bond acceptors (Lipinski definition) is 3. The Morgan fingerprint density at radius 1 is 1.16 bits per heavy atom. The van der Waals surface area contributed by atoms with Gasteiger partial charge in [-0.15, -0.1) is 0 Å². The lowest BCUT2D eigenvalue weighted by molar-refractivity contribution is 0.720. The number of hydrogen-bond donors (Lipinski definition) is 0. The van der Waals surface area contributed by atoms with Gasteiger partial charge < -0.3 is 4.90 Å². The molecule has 2 heterocycles. The van der Waals surface area contributed by atoms with Gasteiger partial charge in [0.05, 0.1) is 5.02 Å². The number of aromatic nitrogens is 1. The van der Waals surface area contributed by atoms with Crippen molar-refractivity contribution in [3.63, 3.8) is 0 Å². The smallest absolute Gasteiger partial charge is 0.161 e. The molecule has 3 nitrogen and oxygen atoms in total. The van der Waals surface area contributed by atoms with Gasteiger partial charge in [0, 0.05) is 13.1 Å². The van der Waals surface area contributed by atoms with E-state index in [0.29, 0.717) is 5.02 Å². The van der Waals surface area contributed by atoms with Gasteiger partial charge in [0.2, 0.25) is 0 Å². The quantitative estimate of drug-likeness (QED) is 0.798. The summed E-state index contributed by atoms with van der Waals surface area (Å²) in [4.78, 5) is 6.50. The van der Waals surface area contributed by atoms with Crippen molar-refractivity contribution in [2.24, 2.45) is 0 Å². The van der Waals surface area contributed by atoms with Gasteiger partial charge in [-0.25, -0.2) is 4.98 Å². The van der Waals surface area contributed by atoms with Crippen molar-refractivity contribution in [3.05, 3.63) is 58.2 Å². The molecule has 94 valence electrons. The van der Waals surface area contributed by atoms with E-state index < -0.39 is 0 Å². The number of fused-ring (bicyclic) bond motifs is 1. The first-order chi connectivity index (χ1) is 9.28. The molecule has 1 aromatic heterocycles. The number of nitrogens with zero attached hydrogens (tertiary/aromatic N) is 3. The Morgan fingerprint density at radius 3 is 2.74 bits per heavy atom. The molecular formula is C15H12ClN3. The lowest BCUT2D eigenvalue weighted by Gasteiger charge is -2.29. The van der Waals surface area contributed by atoms with Gasteiger partial charge in [0.1, 0.15) is 11.9 Å². The molecule has 1 aromatic carbocycles. The first-order valence-corrected chi connectivity index (χ1v) is 6.54. The van der Waals surface area contributed by atoms with E-state index >= 15 is 0 Å². The summed E-state index contributed by atoms with van der Waals surface area (Å²) in [6.45, 7) is 1.74. The molecule has 0 N–H and O–H groups in total. The summed E-state index contributed by atoms with van der Waals surface area (Å²) in [5.74, 6) is 0.815. The fourth-order valence-electron chi connectivity index (χ4n) is 2.38. The molecule has 0 radical (unpaired) electrons. The van der Waals surface area contributed by atoms with Crippen LogP contribution in [-0.2, 0) is 13.0 Å².